The van der Waals surface area contributed by atoms with E-state index in [1.807, 2.05) is 6.92 Å². The first kappa shape index (κ1) is 20.2. The molecule has 9 heteroatoms. The number of thioether (sulfide) groups is 1. The monoisotopic (exact) mass is 406 g/mol. The van der Waals surface area contributed by atoms with Gasteiger partial charge in [0.1, 0.15) is 6.04 Å². The Morgan fingerprint density at radius 3 is 2.79 bits per heavy atom. The van der Waals surface area contributed by atoms with Gasteiger partial charge in [-0.25, -0.2) is 9.59 Å². The Kier molecular flexibility index (Phi) is 5.93. The van der Waals surface area contributed by atoms with Crippen LogP contribution in [-0.4, -0.2) is 58.5 Å². The van der Waals surface area contributed by atoms with Gasteiger partial charge in [-0.05, 0) is 32.4 Å². The average Bonchev–Trinajstić information content (AvgIpc) is 3.16. The molecule has 0 aromatic heterocycles. The molecule has 28 heavy (non-hydrogen) atoms. The molecule has 2 aliphatic heterocycles. The molecule has 2 atom stereocenters. The Labute approximate surface area is 166 Å². The lowest BCUT2D eigenvalue weighted by molar-refractivity contribution is -0.155. The predicted octanol–water partition coefficient (Wildman–Crippen LogP) is 1.80. The summed E-state index contributed by atoms with van der Waals surface area (Å²) in [5.41, 5.74) is 0.496. The van der Waals surface area contributed by atoms with Crippen molar-refractivity contribution in [2.45, 2.75) is 37.6 Å². The third-order valence-corrected chi connectivity index (χ3v) is 6.26. The van der Waals surface area contributed by atoms with Gasteiger partial charge in [-0.2, -0.15) is 0 Å². The molecule has 3 rings (SSSR count). The van der Waals surface area contributed by atoms with E-state index < -0.39 is 30.5 Å². The summed E-state index contributed by atoms with van der Waals surface area (Å²) in [4.78, 5) is 49.9. The van der Waals surface area contributed by atoms with Crippen molar-refractivity contribution in [3.8, 4) is 0 Å². The third kappa shape index (κ3) is 3.99. The summed E-state index contributed by atoms with van der Waals surface area (Å²) in [5.74, 6) is -1.34. The summed E-state index contributed by atoms with van der Waals surface area (Å²) in [5, 5.41) is 2.56. The van der Waals surface area contributed by atoms with Gasteiger partial charge in [0.05, 0.1) is 22.7 Å². The molecule has 0 unspecified atom stereocenters. The van der Waals surface area contributed by atoms with Gasteiger partial charge >= 0.3 is 11.9 Å². The first-order valence-electron chi connectivity index (χ1n) is 9.04. The van der Waals surface area contributed by atoms with Crippen LogP contribution >= 0.6 is 11.8 Å². The summed E-state index contributed by atoms with van der Waals surface area (Å²) in [6.45, 7) is 3.34. The van der Waals surface area contributed by atoms with Crippen molar-refractivity contribution in [3.05, 3.63) is 29.8 Å². The van der Waals surface area contributed by atoms with Crippen LogP contribution in [0.3, 0.4) is 0 Å². The van der Waals surface area contributed by atoms with Gasteiger partial charge in [-0.3, -0.25) is 9.59 Å². The minimum atomic E-state index is -0.676. The van der Waals surface area contributed by atoms with Gasteiger partial charge in [-0.1, -0.05) is 12.1 Å². The second-order valence-corrected chi connectivity index (χ2v) is 8.19. The first-order chi connectivity index (χ1) is 13.4. The minimum Gasteiger partial charge on any atom is -0.462 e. The van der Waals surface area contributed by atoms with Crippen LogP contribution in [0.4, 0.5) is 5.69 Å². The highest BCUT2D eigenvalue weighted by atomic mass is 32.2. The van der Waals surface area contributed by atoms with Crippen molar-refractivity contribution >= 4 is 41.2 Å². The molecular formula is C19H22N2O6S. The molecule has 8 nitrogen and oxygen atoms in total. The molecule has 0 bridgehead atoms. The number of amides is 2. The number of carbonyl (C=O) groups is 4. The summed E-state index contributed by atoms with van der Waals surface area (Å²) < 4.78 is 10.1. The Bertz CT molecular complexity index is 813. The highest BCUT2D eigenvalue weighted by Gasteiger charge is 2.53. The number of ether oxygens (including phenoxy) is 2. The molecule has 1 aromatic rings. The summed E-state index contributed by atoms with van der Waals surface area (Å²) in [6, 6.07) is 5.75. The first-order valence-corrected chi connectivity index (χ1v) is 10.0. The molecule has 0 saturated carbocycles. The van der Waals surface area contributed by atoms with Gasteiger partial charge in [-0.15, -0.1) is 11.8 Å². The average molecular weight is 406 g/mol. The highest BCUT2D eigenvalue weighted by Crippen LogP contribution is 2.47. The number of benzene rings is 1. The van der Waals surface area contributed by atoms with Crippen LogP contribution < -0.4 is 5.32 Å². The van der Waals surface area contributed by atoms with Crippen molar-refractivity contribution in [2.24, 2.45) is 0 Å². The van der Waals surface area contributed by atoms with E-state index in [1.165, 1.54) is 6.07 Å². The number of hydrogen-bond acceptors (Lipinski definition) is 7. The second-order valence-electron chi connectivity index (χ2n) is 6.69. The fourth-order valence-corrected chi connectivity index (χ4v) is 4.81. The fraction of sp³-hybridized carbons (Fsp3) is 0.474. The van der Waals surface area contributed by atoms with Crippen molar-refractivity contribution < 1.29 is 28.7 Å². The SMILES string of the molecule is CCOC(=O)c1ccccc1NC(=O)COC(=O)[C@@H]1CS[C@@]2(C)CCC(=O)N12. The number of anilines is 1. The minimum absolute atomic E-state index is 0.0673. The van der Waals surface area contributed by atoms with Crippen LogP contribution in [0.25, 0.3) is 0 Å². The van der Waals surface area contributed by atoms with Crippen LogP contribution in [-0.2, 0) is 23.9 Å². The normalized spacial score (nSPS) is 23.3. The quantitative estimate of drug-likeness (QED) is 0.719. The van der Waals surface area contributed by atoms with Crippen LogP contribution in [0.15, 0.2) is 24.3 Å². The van der Waals surface area contributed by atoms with Gasteiger partial charge in [0.25, 0.3) is 5.91 Å². The number of fused-ring (bicyclic) bond motifs is 1. The van der Waals surface area contributed by atoms with E-state index in [0.717, 1.165) is 0 Å². The van der Waals surface area contributed by atoms with Crippen molar-refractivity contribution in [1.82, 2.24) is 4.90 Å². The van der Waals surface area contributed by atoms with E-state index in [2.05, 4.69) is 5.32 Å². The van der Waals surface area contributed by atoms with E-state index >= 15 is 0 Å². The zero-order chi connectivity index (χ0) is 20.3. The summed E-state index contributed by atoms with van der Waals surface area (Å²) in [6.07, 6.45) is 1.11. The smallest absolute Gasteiger partial charge is 0.340 e. The topological polar surface area (TPSA) is 102 Å². The standard InChI is InChI=1S/C19H22N2O6S/c1-3-26-17(24)12-6-4-5-7-13(12)20-15(22)10-27-18(25)14-11-28-19(2)9-8-16(23)21(14)19/h4-7,14H,3,8-11H2,1-2H3,(H,20,22)/t14-,19-/m0/s1. The summed E-state index contributed by atoms with van der Waals surface area (Å²) >= 11 is 1.55. The van der Waals surface area contributed by atoms with Crippen LogP contribution in [0.1, 0.15) is 37.0 Å². The second kappa shape index (κ2) is 8.22. The molecule has 2 aliphatic rings. The zero-order valence-electron chi connectivity index (χ0n) is 15.7. The Hall–Kier alpha value is -2.55. The molecule has 2 amide bonds. The van der Waals surface area contributed by atoms with E-state index in [-0.39, 0.29) is 28.6 Å². The van der Waals surface area contributed by atoms with E-state index in [0.29, 0.717) is 18.6 Å². The van der Waals surface area contributed by atoms with Gasteiger partial charge in [0.15, 0.2) is 6.61 Å². The number of nitrogens with one attached hydrogen (secondary N) is 1. The lowest BCUT2D eigenvalue weighted by atomic mass is 10.2. The Morgan fingerprint density at radius 2 is 2.04 bits per heavy atom. The Morgan fingerprint density at radius 1 is 1.29 bits per heavy atom. The molecule has 0 spiro atoms. The molecule has 2 heterocycles. The molecule has 1 N–H and O–H groups in total. The Balaban J connectivity index is 1.57. The van der Waals surface area contributed by atoms with Gasteiger partial charge in [0, 0.05) is 12.2 Å². The molecule has 2 fully saturated rings. The van der Waals surface area contributed by atoms with Crippen molar-refractivity contribution in [1.29, 1.82) is 0 Å². The number of para-hydroxylation sites is 1. The zero-order valence-corrected chi connectivity index (χ0v) is 16.5. The van der Waals surface area contributed by atoms with Crippen LogP contribution in [0, 0.1) is 0 Å². The van der Waals surface area contributed by atoms with Gasteiger partial charge in [0.2, 0.25) is 5.91 Å². The van der Waals surface area contributed by atoms with E-state index in [1.54, 1.807) is 41.8 Å². The van der Waals surface area contributed by atoms with Crippen LogP contribution in [0.5, 0.6) is 0 Å². The molecule has 0 aliphatic carbocycles. The van der Waals surface area contributed by atoms with E-state index in [9.17, 15) is 19.2 Å². The number of nitrogens with zero attached hydrogens (tertiary/aromatic N) is 1. The maximum Gasteiger partial charge on any atom is 0.340 e. The van der Waals surface area contributed by atoms with E-state index in [4.69, 9.17) is 9.47 Å². The lowest BCUT2D eigenvalue weighted by Crippen LogP contribution is -2.47. The predicted molar refractivity (Wildman–Crippen MR) is 103 cm³/mol. The maximum absolute atomic E-state index is 12.4. The van der Waals surface area contributed by atoms with Crippen molar-refractivity contribution in [3.63, 3.8) is 0 Å². The third-order valence-electron chi connectivity index (χ3n) is 4.76. The van der Waals surface area contributed by atoms with Crippen LogP contribution in [0.2, 0.25) is 0 Å². The van der Waals surface area contributed by atoms with Crippen molar-refractivity contribution in [2.75, 3.05) is 24.3 Å². The summed E-state index contributed by atoms with van der Waals surface area (Å²) in [7, 11) is 0. The number of esters is 2. The molecule has 150 valence electrons. The number of carbonyl (C=O) groups excluding carboxylic acids is 4. The molecule has 2 saturated heterocycles. The largest absolute Gasteiger partial charge is 0.462 e. The number of hydrogen-bond donors (Lipinski definition) is 1. The molecular weight excluding hydrogens is 384 g/mol. The number of rotatable bonds is 6. The van der Waals surface area contributed by atoms with Gasteiger partial charge < -0.3 is 19.7 Å². The lowest BCUT2D eigenvalue weighted by Gasteiger charge is -2.29. The highest BCUT2D eigenvalue weighted by molar-refractivity contribution is 8.01. The fourth-order valence-electron chi connectivity index (χ4n) is 3.39. The molecule has 1 aromatic carbocycles. The maximum atomic E-state index is 12.4. The molecule has 0 radical (unpaired) electrons.